The predicted octanol–water partition coefficient (Wildman–Crippen LogP) is 1.01. The van der Waals surface area contributed by atoms with Crippen LogP contribution in [0, 0.1) is 12.8 Å². The highest BCUT2D eigenvalue weighted by molar-refractivity contribution is 6.43. The Bertz CT molecular complexity index is 994. The molecule has 10 nitrogen and oxygen atoms in total. The Hall–Kier alpha value is -3.18. The second-order valence-electron chi connectivity index (χ2n) is 8.64. The van der Waals surface area contributed by atoms with Crippen LogP contribution in [0.15, 0.2) is 46.2 Å². The number of carbonyl (C=O) groups is 2. The molecule has 4 N–H and O–H groups in total. The van der Waals surface area contributed by atoms with Gasteiger partial charge < -0.3 is 29.9 Å². The zero-order valence-electron chi connectivity index (χ0n) is 18.9. The molecule has 0 bridgehead atoms. The average molecular weight is 456 g/mol. The number of benzene rings is 1. The highest BCUT2D eigenvalue weighted by Crippen LogP contribution is 2.29. The van der Waals surface area contributed by atoms with E-state index in [0.717, 1.165) is 5.56 Å². The Balaban J connectivity index is 1.72. The summed E-state index contributed by atoms with van der Waals surface area (Å²) in [7, 11) is -1.71. The predicted molar refractivity (Wildman–Crippen MR) is 121 cm³/mol. The van der Waals surface area contributed by atoms with Crippen LogP contribution >= 0.6 is 0 Å². The van der Waals surface area contributed by atoms with Gasteiger partial charge in [0.2, 0.25) is 5.60 Å². The fourth-order valence-corrected chi connectivity index (χ4v) is 3.67. The average Bonchev–Trinajstić information content (AvgIpc) is 3.39. The number of carbonyl (C=O) groups excluding carboxylic acids is 2. The summed E-state index contributed by atoms with van der Waals surface area (Å²) in [5.41, 5.74) is 0.0975. The largest absolute Gasteiger partial charge is 0.475 e. The second kappa shape index (κ2) is 10.6. The molecule has 0 radical (unpaired) electrons. The Morgan fingerprint density at radius 3 is 2.58 bits per heavy atom. The minimum Gasteiger partial charge on any atom is -0.448 e. The molecule has 0 aliphatic carbocycles. The number of nitrogens with one attached hydrogen (secondary N) is 2. The van der Waals surface area contributed by atoms with Crippen LogP contribution in [-0.4, -0.2) is 57.8 Å². The van der Waals surface area contributed by atoms with Gasteiger partial charge in [-0.1, -0.05) is 49.3 Å². The van der Waals surface area contributed by atoms with Crippen LogP contribution in [0.1, 0.15) is 48.6 Å². The number of aromatic nitrogens is 1. The van der Waals surface area contributed by atoms with Gasteiger partial charge in [-0.05, 0) is 17.9 Å². The van der Waals surface area contributed by atoms with E-state index in [9.17, 15) is 19.6 Å². The lowest BCUT2D eigenvalue weighted by atomic mass is 9.74. The number of hydrogen-bond donors (Lipinski definition) is 4. The van der Waals surface area contributed by atoms with Crippen LogP contribution in [0.4, 0.5) is 0 Å². The van der Waals surface area contributed by atoms with Crippen molar-refractivity contribution in [1.82, 2.24) is 15.6 Å². The Morgan fingerprint density at radius 2 is 1.97 bits per heavy atom. The molecule has 11 heteroatoms. The lowest BCUT2D eigenvalue weighted by Crippen LogP contribution is -2.56. The van der Waals surface area contributed by atoms with Crippen molar-refractivity contribution >= 4 is 24.6 Å². The molecule has 0 saturated heterocycles. The number of oxime groups is 1. The Labute approximate surface area is 192 Å². The molecule has 1 unspecified atom stereocenters. The van der Waals surface area contributed by atoms with Crippen LogP contribution < -0.4 is 10.6 Å². The van der Waals surface area contributed by atoms with E-state index < -0.39 is 30.5 Å². The maximum Gasteiger partial charge on any atom is 0.475 e. The molecule has 1 aromatic carbocycles. The summed E-state index contributed by atoms with van der Waals surface area (Å²) in [6.45, 7) is 5.55. The van der Waals surface area contributed by atoms with E-state index in [1.54, 1.807) is 6.92 Å². The molecule has 0 spiro atoms. The topological polar surface area (TPSA) is 146 Å². The van der Waals surface area contributed by atoms with E-state index >= 15 is 0 Å². The first-order chi connectivity index (χ1) is 15.7. The van der Waals surface area contributed by atoms with Gasteiger partial charge in [-0.3, -0.25) is 9.59 Å². The molecule has 176 valence electrons. The van der Waals surface area contributed by atoms with Crippen LogP contribution in [0.25, 0.3) is 0 Å². The van der Waals surface area contributed by atoms with Crippen molar-refractivity contribution in [3.8, 4) is 0 Å². The normalized spacial score (nSPS) is 18.4. The number of aryl methyl sites for hydroxylation is 1. The fraction of sp³-hybridized carbons (Fsp3) is 0.455. The first kappa shape index (κ1) is 24.5. The first-order valence-electron chi connectivity index (χ1n) is 10.8. The molecule has 2 atom stereocenters. The lowest BCUT2D eigenvalue weighted by Gasteiger charge is -2.29. The van der Waals surface area contributed by atoms with Crippen molar-refractivity contribution in [2.45, 2.75) is 51.6 Å². The summed E-state index contributed by atoms with van der Waals surface area (Å²) in [5, 5.41) is 29.0. The smallest absolute Gasteiger partial charge is 0.448 e. The van der Waals surface area contributed by atoms with Gasteiger partial charge in [0, 0.05) is 19.8 Å². The zero-order chi connectivity index (χ0) is 24.0. The SMILES string of the molecule is Cc1nc(C(=O)NCC2=NOC(Cc3ccccc3)(C(=O)N[C@@H](CC(C)C)B(O)O)C2)co1. The van der Waals surface area contributed by atoms with Crippen molar-refractivity contribution in [3.63, 3.8) is 0 Å². The van der Waals surface area contributed by atoms with Gasteiger partial charge in [0.05, 0.1) is 18.2 Å². The van der Waals surface area contributed by atoms with Crippen molar-refractivity contribution in [1.29, 1.82) is 0 Å². The van der Waals surface area contributed by atoms with Gasteiger partial charge in [0.1, 0.15) is 6.26 Å². The van der Waals surface area contributed by atoms with Crippen LogP contribution in [0.5, 0.6) is 0 Å². The quantitative estimate of drug-likeness (QED) is 0.391. The highest BCUT2D eigenvalue weighted by Gasteiger charge is 2.48. The van der Waals surface area contributed by atoms with Crippen molar-refractivity contribution < 1.29 is 28.9 Å². The van der Waals surface area contributed by atoms with Crippen molar-refractivity contribution in [2.75, 3.05) is 6.54 Å². The Kier molecular flexibility index (Phi) is 7.88. The molecule has 2 heterocycles. The number of amides is 2. The highest BCUT2D eigenvalue weighted by atomic mass is 16.7. The van der Waals surface area contributed by atoms with Gasteiger partial charge in [0.25, 0.3) is 11.8 Å². The number of hydrogen-bond acceptors (Lipinski definition) is 8. The molecule has 33 heavy (non-hydrogen) atoms. The third kappa shape index (κ3) is 6.42. The van der Waals surface area contributed by atoms with E-state index in [1.807, 2.05) is 44.2 Å². The van der Waals surface area contributed by atoms with Gasteiger partial charge in [-0.15, -0.1) is 0 Å². The maximum atomic E-state index is 13.3. The minimum atomic E-state index is -1.71. The monoisotopic (exact) mass is 456 g/mol. The molecule has 0 saturated carbocycles. The third-order valence-corrected chi connectivity index (χ3v) is 5.29. The van der Waals surface area contributed by atoms with Gasteiger partial charge in [-0.2, -0.15) is 0 Å². The minimum absolute atomic E-state index is 0.0621. The van der Waals surface area contributed by atoms with Crippen molar-refractivity contribution in [2.24, 2.45) is 11.1 Å². The van der Waals surface area contributed by atoms with Crippen LogP contribution in [-0.2, 0) is 16.1 Å². The number of oxazole rings is 1. The first-order valence-corrected chi connectivity index (χ1v) is 10.8. The van der Waals surface area contributed by atoms with Crippen LogP contribution in [0.3, 0.4) is 0 Å². The summed E-state index contributed by atoms with van der Waals surface area (Å²) in [4.78, 5) is 35.2. The molecule has 0 fully saturated rings. The molecule has 1 aliphatic rings. The molecular weight excluding hydrogens is 427 g/mol. The lowest BCUT2D eigenvalue weighted by molar-refractivity contribution is -0.144. The fourth-order valence-electron chi connectivity index (χ4n) is 3.67. The zero-order valence-corrected chi connectivity index (χ0v) is 18.9. The standard InChI is InChI=1S/C22H29BN4O6/c1-14(2)9-19(23(30)31)26-21(29)22(10-16-7-5-4-6-8-16)11-17(27-33-22)12-24-20(28)18-13-32-15(3)25-18/h4-8,13-14,19,30-31H,9-12H2,1-3H3,(H,24,28)(H,26,29)/t19-,22?/m0/s1. The number of rotatable bonds is 10. The van der Waals surface area contributed by atoms with Crippen LogP contribution in [0.2, 0.25) is 0 Å². The van der Waals surface area contributed by atoms with Gasteiger partial charge in [-0.25, -0.2) is 4.98 Å². The van der Waals surface area contributed by atoms with Gasteiger partial charge >= 0.3 is 7.12 Å². The van der Waals surface area contributed by atoms with E-state index in [1.165, 1.54) is 6.26 Å². The Morgan fingerprint density at radius 1 is 1.24 bits per heavy atom. The van der Waals surface area contributed by atoms with E-state index in [2.05, 4.69) is 20.8 Å². The summed E-state index contributed by atoms with van der Waals surface area (Å²) >= 11 is 0. The number of nitrogens with zero attached hydrogens (tertiary/aromatic N) is 2. The summed E-state index contributed by atoms with van der Waals surface area (Å²) < 4.78 is 5.05. The summed E-state index contributed by atoms with van der Waals surface area (Å²) in [6, 6.07) is 9.33. The van der Waals surface area contributed by atoms with E-state index in [4.69, 9.17) is 9.25 Å². The molecule has 1 aliphatic heterocycles. The molecule has 2 aromatic rings. The van der Waals surface area contributed by atoms with E-state index in [-0.39, 0.29) is 31.0 Å². The maximum absolute atomic E-state index is 13.3. The van der Waals surface area contributed by atoms with Gasteiger partial charge in [0.15, 0.2) is 11.6 Å². The molecule has 1 aromatic heterocycles. The van der Waals surface area contributed by atoms with Crippen molar-refractivity contribution in [3.05, 3.63) is 53.7 Å². The van der Waals surface area contributed by atoms with E-state index in [0.29, 0.717) is 18.0 Å². The summed E-state index contributed by atoms with van der Waals surface area (Å²) in [6.07, 6.45) is 1.99. The molecular formula is C22H29BN4O6. The summed E-state index contributed by atoms with van der Waals surface area (Å²) in [5.74, 6) is -1.27. The third-order valence-electron chi connectivity index (χ3n) is 5.29. The second-order valence-corrected chi connectivity index (χ2v) is 8.64. The molecule has 2 amide bonds. The molecule has 3 rings (SSSR count).